The average molecular weight is 1430 g/mol. The lowest BCUT2D eigenvalue weighted by Crippen LogP contribution is -2.62. The number of benzene rings is 4. The fourth-order valence-corrected chi connectivity index (χ4v) is 10.3. The van der Waals surface area contributed by atoms with Crippen molar-refractivity contribution in [1.29, 1.82) is 0 Å². The predicted molar refractivity (Wildman–Crippen MR) is 366 cm³/mol. The number of phenolic OH excluding ortho intramolecular Hbond substituents is 3. The third-order valence-corrected chi connectivity index (χ3v) is 15.8. The Morgan fingerprint density at radius 3 is 1.16 bits per heavy atom. The van der Waals surface area contributed by atoms with E-state index in [1.165, 1.54) is 66.9 Å². The van der Waals surface area contributed by atoms with Gasteiger partial charge >= 0.3 is 5.91 Å². The van der Waals surface area contributed by atoms with Gasteiger partial charge in [-0.1, -0.05) is 63.6 Å². The first kappa shape index (κ1) is 81.4. The number of H-pyrrole nitrogens is 1. The van der Waals surface area contributed by atoms with Crippen molar-refractivity contribution < 1.29 is 87.5 Å². The van der Waals surface area contributed by atoms with Crippen LogP contribution in [0.25, 0.3) is 10.9 Å². The zero-order chi connectivity index (χ0) is 75.0. The molecular weight excluding hydrogens is 1340 g/mol. The number of amides is 10. The summed E-state index contributed by atoms with van der Waals surface area (Å²) in [6.45, 7) is -3.38. The number of fused-ring (bicyclic) bond motifs is 1. The number of halogens is 2. The van der Waals surface area contributed by atoms with E-state index in [1.54, 1.807) is 36.4 Å². The van der Waals surface area contributed by atoms with Crippen molar-refractivity contribution in [2.24, 2.45) is 44.4 Å². The number of carbonyl (C=O) groups excluding carboxylic acids is 10. The lowest BCUT2D eigenvalue weighted by atomic mass is 10.0. The third kappa shape index (κ3) is 26.8. The molecule has 0 fully saturated rings. The van der Waals surface area contributed by atoms with Crippen molar-refractivity contribution in [2.45, 2.75) is 131 Å². The van der Waals surface area contributed by atoms with Gasteiger partial charge < -0.3 is 118 Å². The summed E-state index contributed by atoms with van der Waals surface area (Å²) < 4.78 is 27.7. The third-order valence-electron chi connectivity index (χ3n) is 15.8. The van der Waals surface area contributed by atoms with E-state index < -0.39 is 157 Å². The molecule has 0 aliphatic rings. The summed E-state index contributed by atoms with van der Waals surface area (Å²) in [5, 5.41) is 81.7. The molecular formula is C65H89F2N19O16. The van der Waals surface area contributed by atoms with Gasteiger partial charge in [0.1, 0.15) is 71.6 Å². The number of guanidine groups is 2. The van der Waals surface area contributed by atoms with Gasteiger partial charge in [0, 0.05) is 49.5 Å². The molecule has 0 saturated carbocycles. The molecule has 0 spiro atoms. The van der Waals surface area contributed by atoms with Gasteiger partial charge in [-0.3, -0.25) is 57.9 Å². The molecule has 37 heteroatoms. The van der Waals surface area contributed by atoms with Crippen molar-refractivity contribution in [3.8, 4) is 17.2 Å². The monoisotopic (exact) mass is 1430 g/mol. The molecule has 10 amide bonds. The van der Waals surface area contributed by atoms with Crippen molar-refractivity contribution in [2.75, 3.05) is 39.5 Å². The van der Waals surface area contributed by atoms with Gasteiger partial charge in [0.2, 0.25) is 53.2 Å². The molecule has 28 N–H and O–H groups in total. The highest BCUT2D eigenvalue weighted by molar-refractivity contribution is 5.99. The summed E-state index contributed by atoms with van der Waals surface area (Å²) in [5.74, 6) is -12.6. The molecule has 0 aliphatic carbocycles. The predicted octanol–water partition coefficient (Wildman–Crippen LogP) is -4.94. The molecule has 35 nitrogen and oxygen atoms in total. The van der Waals surface area contributed by atoms with Crippen LogP contribution in [0.4, 0.5) is 8.96 Å². The van der Waals surface area contributed by atoms with Crippen LogP contribution in [0, 0.1) is 0 Å². The zero-order valence-electron chi connectivity index (χ0n) is 55.4. The topological polar surface area (TPSA) is 600 Å². The number of nitrogens with zero attached hydrogens (tertiary/aromatic N) is 3. The minimum atomic E-state index is -1.97. The second-order valence-corrected chi connectivity index (χ2v) is 23.6. The second kappa shape index (κ2) is 41.3. The number of carbonyl (C=O) groups is 10. The Hall–Kier alpha value is -11.3. The number of unbranched alkanes of at least 4 members (excludes halogenated alkanes) is 1. The van der Waals surface area contributed by atoms with Crippen LogP contribution in [0.2, 0.25) is 0 Å². The van der Waals surface area contributed by atoms with Crippen LogP contribution in [0.3, 0.4) is 0 Å². The van der Waals surface area contributed by atoms with E-state index in [-0.39, 0.29) is 106 Å². The summed E-state index contributed by atoms with van der Waals surface area (Å²) in [6.07, 6.45) is 0.289. The molecule has 554 valence electrons. The molecule has 0 radical (unpaired) electrons. The number of nitrogens with two attached hydrogens (primary N) is 6. The van der Waals surface area contributed by atoms with Crippen molar-refractivity contribution in [3.05, 3.63) is 126 Å². The fraction of sp³-hybridized carbons (Fsp3) is 0.415. The van der Waals surface area contributed by atoms with Gasteiger partial charge in [-0.25, -0.2) is 0 Å². The van der Waals surface area contributed by atoms with E-state index in [4.69, 9.17) is 34.4 Å². The average Bonchev–Trinajstić information content (AvgIpc) is 1.62. The van der Waals surface area contributed by atoms with Crippen LogP contribution in [0.5, 0.6) is 17.2 Å². The quantitative estimate of drug-likeness (QED) is 0.00753. The van der Waals surface area contributed by atoms with Gasteiger partial charge in [-0.15, -0.1) is 0 Å². The van der Waals surface area contributed by atoms with Gasteiger partial charge in [-0.2, -0.15) is 0 Å². The molecule has 102 heavy (non-hydrogen) atoms. The Labute approximate surface area is 583 Å². The van der Waals surface area contributed by atoms with Crippen molar-refractivity contribution in [1.82, 2.24) is 58.2 Å². The Kier molecular flexibility index (Phi) is 33.0. The zero-order valence-corrected chi connectivity index (χ0v) is 55.4. The van der Waals surface area contributed by atoms with Gasteiger partial charge in [0.15, 0.2) is 11.9 Å². The minimum Gasteiger partial charge on any atom is -0.508 e. The molecule has 5 rings (SSSR count). The number of phenols is 3. The van der Waals surface area contributed by atoms with E-state index >= 15 is 0 Å². The summed E-state index contributed by atoms with van der Waals surface area (Å²) >= 11 is 0. The first-order valence-electron chi connectivity index (χ1n) is 32.3. The maximum absolute atomic E-state index is 14.6. The van der Waals surface area contributed by atoms with Gasteiger partial charge in [0.05, 0.1) is 25.9 Å². The number of aliphatic hydroxyl groups excluding tert-OH is 3. The Morgan fingerprint density at radius 2 is 0.755 bits per heavy atom. The number of hydrogen-bond acceptors (Lipinski definition) is 20. The Balaban J connectivity index is 1.36. The lowest BCUT2D eigenvalue weighted by Gasteiger charge is -2.28. The number of aromatic hydroxyl groups is 3. The van der Waals surface area contributed by atoms with Gasteiger partial charge in [-0.05, 0) is 128 Å². The molecule has 0 saturated heterocycles. The van der Waals surface area contributed by atoms with E-state index in [2.05, 4.69) is 62.8 Å². The van der Waals surface area contributed by atoms with Crippen LogP contribution in [0.1, 0.15) is 67.2 Å². The molecule has 0 bridgehead atoms. The van der Waals surface area contributed by atoms with Crippen LogP contribution >= 0.6 is 0 Å². The van der Waals surface area contributed by atoms with E-state index in [9.17, 15) is 87.5 Å². The first-order chi connectivity index (χ1) is 48.6. The van der Waals surface area contributed by atoms with Crippen molar-refractivity contribution >= 4 is 81.9 Å². The Morgan fingerprint density at radius 1 is 0.422 bits per heavy atom. The largest absolute Gasteiger partial charge is 0.508 e. The van der Waals surface area contributed by atoms with Crippen LogP contribution in [-0.2, 0) is 73.6 Å². The normalized spacial score (nSPS) is 14.0. The maximum atomic E-state index is 14.6. The molecule has 1 heterocycles. The summed E-state index contributed by atoms with van der Waals surface area (Å²) in [4.78, 5) is 151. The lowest BCUT2D eigenvalue weighted by molar-refractivity contribution is -0.190. The summed E-state index contributed by atoms with van der Waals surface area (Å²) in [6, 6.07) is 6.19. The number of aromatic nitrogens is 1. The first-order valence-corrected chi connectivity index (χ1v) is 32.3. The summed E-state index contributed by atoms with van der Waals surface area (Å²) in [7, 11) is 0. The fourth-order valence-electron chi connectivity index (χ4n) is 10.3. The highest BCUT2D eigenvalue weighted by atomic mass is 19.4. The second-order valence-electron chi connectivity index (χ2n) is 23.6. The number of aliphatic imine (C=N–C) groups is 2. The van der Waals surface area contributed by atoms with Crippen LogP contribution in [-0.4, -0.2) is 212 Å². The molecule has 4 aromatic carbocycles. The number of nitrogens with one attached hydrogen (secondary N) is 10. The number of hydrogen-bond donors (Lipinski definition) is 22. The van der Waals surface area contributed by atoms with E-state index in [0.29, 0.717) is 34.0 Å². The molecule has 0 aliphatic heterocycles. The number of aromatic amines is 1. The van der Waals surface area contributed by atoms with E-state index in [1.807, 2.05) is 0 Å². The van der Waals surface area contributed by atoms with Crippen LogP contribution in [0.15, 0.2) is 113 Å². The highest BCUT2D eigenvalue weighted by Crippen LogP contribution is 2.21. The number of aliphatic hydroxyl groups is 3. The minimum absolute atomic E-state index is 0.00410. The smallest absolute Gasteiger partial charge is 0.306 e. The molecule has 10 atom stereocenters. The van der Waals surface area contributed by atoms with Gasteiger partial charge in [0.25, 0.3) is 0 Å². The number of rotatable bonds is 42. The van der Waals surface area contributed by atoms with Crippen LogP contribution < -0.4 is 82.3 Å². The Bertz CT molecular complexity index is 3670. The highest BCUT2D eigenvalue weighted by Gasteiger charge is 2.37. The SMILES string of the molecule is NCCCC[C@H](NC(=O)[C@H](CCCN=C(N)N)NC(=O)[C@H](CO)NC(=O)[C@H](CCCN=C(N)N)NC(=O)[C@@H](N)Cc1ccc(O)cc1)C(=O)N[C@@H](Cc1ccc(O)cc1)C(=O)N[C@@H](CO)C(=O)N[C@@H](CO)C(=O)N[C@@H](Cc1c[nH]c2ccccc12)C(=O)N[C@@H](Cc1ccc(O)cc1)C(=O)N(F)F. The number of para-hydroxylation sites is 1. The molecule has 1 aromatic heterocycles. The van der Waals surface area contributed by atoms with Crippen molar-refractivity contribution in [3.63, 3.8) is 0 Å². The maximum Gasteiger partial charge on any atom is 0.306 e. The van der Waals surface area contributed by atoms with E-state index in [0.717, 1.165) is 0 Å². The standard InChI is InChI=1S/C65H89F2N19O16/c66-86(67)63(102)50(29-37-16-22-41(92)23-17-37)82-59(98)49(30-38-31-76-44-8-2-1-7-42(38)44)81-61(100)52(33-88)85-62(101)53(34-89)84-58(97)48(28-36-14-20-40(91)21-15-36)80-56(95)45(9-3-4-24-68)78-55(94)47(11-6-26-75-65(72)73)79-60(99)51(32-87)83-57(96)46(10-5-25-74-64(70)71)77-54(93)43(69)27-35-12-18-39(90)19-13-35/h1-2,7-8,12-23,31,43,45-53,76,87-92H,3-6,9-11,24-30,32-34,68-69H2,(H,77,93)(H,78,94)(H,79,99)(H,80,95)(H,81,100)(H,82,98)(H,83,96)(H,84,97)(H,85,101)(H4,70,71,74)(H4,72,73,75)/t43-,45-,46-,47-,48-,49-,50-,51-,52-,53-/m0/s1. The molecule has 0 unspecified atom stereocenters. The summed E-state index contributed by atoms with van der Waals surface area (Å²) in [5.41, 5.74) is 36.1. The molecule has 5 aromatic rings.